The molecule has 0 radical (unpaired) electrons. The van der Waals surface area contributed by atoms with Crippen molar-refractivity contribution in [2.45, 2.75) is 37.9 Å². The summed E-state index contributed by atoms with van der Waals surface area (Å²) >= 11 is 1.37. The van der Waals surface area contributed by atoms with Crippen molar-refractivity contribution in [3.05, 3.63) is 6.33 Å². The van der Waals surface area contributed by atoms with Crippen LogP contribution in [0.15, 0.2) is 11.5 Å². The number of carboxylic acid groups (broad SMARTS) is 1. The van der Waals surface area contributed by atoms with Crippen LogP contribution < -0.4 is 0 Å². The molecule has 0 atom stereocenters. The summed E-state index contributed by atoms with van der Waals surface area (Å²) in [5.41, 5.74) is 0. The van der Waals surface area contributed by atoms with Crippen molar-refractivity contribution in [2.24, 2.45) is 5.92 Å². The summed E-state index contributed by atoms with van der Waals surface area (Å²) in [7, 11) is 0. The van der Waals surface area contributed by atoms with Gasteiger partial charge in [-0.2, -0.15) is 0 Å². The molecule has 0 unspecified atom stereocenters. The second-order valence-corrected chi connectivity index (χ2v) is 6.34. The van der Waals surface area contributed by atoms with Gasteiger partial charge in [0.05, 0.1) is 11.7 Å². The third-order valence-corrected chi connectivity index (χ3v) is 4.56. The highest BCUT2D eigenvalue weighted by Gasteiger charge is 2.27. The van der Waals surface area contributed by atoms with Gasteiger partial charge in [0.25, 0.3) is 0 Å². The van der Waals surface area contributed by atoms with Crippen LogP contribution in [0, 0.1) is 5.92 Å². The molecule has 1 aliphatic rings. The SMILES string of the molecule is CC(C)n1cnnc1SCC(=O)N1CCC(C(=O)O)CC1. The minimum Gasteiger partial charge on any atom is -0.481 e. The van der Waals surface area contributed by atoms with Crippen molar-refractivity contribution in [1.82, 2.24) is 19.7 Å². The fraction of sp³-hybridized carbons (Fsp3) is 0.692. The second-order valence-electron chi connectivity index (χ2n) is 5.40. The minimum atomic E-state index is -0.762. The monoisotopic (exact) mass is 312 g/mol. The highest BCUT2D eigenvalue weighted by molar-refractivity contribution is 7.99. The van der Waals surface area contributed by atoms with E-state index in [0.717, 1.165) is 5.16 Å². The molecule has 116 valence electrons. The van der Waals surface area contributed by atoms with Crippen molar-refractivity contribution in [1.29, 1.82) is 0 Å². The highest BCUT2D eigenvalue weighted by atomic mass is 32.2. The van der Waals surface area contributed by atoms with Gasteiger partial charge >= 0.3 is 5.97 Å². The maximum Gasteiger partial charge on any atom is 0.306 e. The van der Waals surface area contributed by atoms with Crippen molar-refractivity contribution < 1.29 is 14.7 Å². The molecule has 0 aliphatic carbocycles. The van der Waals surface area contributed by atoms with E-state index < -0.39 is 5.97 Å². The van der Waals surface area contributed by atoms with Crippen LogP contribution in [0.1, 0.15) is 32.7 Å². The van der Waals surface area contributed by atoms with E-state index in [1.165, 1.54) is 11.8 Å². The predicted molar refractivity (Wildman–Crippen MR) is 78.1 cm³/mol. The second kappa shape index (κ2) is 6.93. The van der Waals surface area contributed by atoms with Crippen LogP contribution in [-0.4, -0.2) is 55.5 Å². The first-order valence-corrected chi connectivity index (χ1v) is 8.00. The van der Waals surface area contributed by atoms with Gasteiger partial charge in [-0.25, -0.2) is 0 Å². The number of aromatic nitrogens is 3. The maximum absolute atomic E-state index is 12.2. The molecule has 1 fully saturated rings. The lowest BCUT2D eigenvalue weighted by Gasteiger charge is -2.30. The van der Waals surface area contributed by atoms with Crippen LogP contribution in [-0.2, 0) is 9.59 Å². The van der Waals surface area contributed by atoms with Gasteiger partial charge < -0.3 is 14.6 Å². The average molecular weight is 312 g/mol. The Morgan fingerprint density at radius 2 is 2.10 bits per heavy atom. The van der Waals surface area contributed by atoms with Crippen LogP contribution in [0.2, 0.25) is 0 Å². The zero-order chi connectivity index (χ0) is 15.4. The standard InChI is InChI=1S/C13H20N4O3S/c1-9(2)17-8-14-15-13(17)21-7-11(18)16-5-3-10(4-6-16)12(19)20/h8-10H,3-7H2,1-2H3,(H,19,20). The van der Waals surface area contributed by atoms with E-state index >= 15 is 0 Å². The van der Waals surface area contributed by atoms with Crippen molar-refractivity contribution in [2.75, 3.05) is 18.8 Å². The molecule has 0 aromatic carbocycles. The first kappa shape index (κ1) is 15.8. The quantitative estimate of drug-likeness (QED) is 0.824. The van der Waals surface area contributed by atoms with E-state index in [-0.39, 0.29) is 17.9 Å². The van der Waals surface area contributed by atoms with Crippen molar-refractivity contribution in [3.63, 3.8) is 0 Å². The summed E-state index contributed by atoms with van der Waals surface area (Å²) in [6.07, 6.45) is 2.73. The van der Waals surface area contributed by atoms with Crippen LogP contribution in [0.25, 0.3) is 0 Å². The number of hydrogen-bond acceptors (Lipinski definition) is 5. The van der Waals surface area contributed by atoms with Gasteiger partial charge in [-0.15, -0.1) is 10.2 Å². The Bertz CT molecular complexity index is 509. The maximum atomic E-state index is 12.2. The third-order valence-electron chi connectivity index (χ3n) is 3.62. The molecule has 2 rings (SSSR count). The number of carbonyl (C=O) groups excluding carboxylic acids is 1. The van der Waals surface area contributed by atoms with Gasteiger partial charge in [-0.1, -0.05) is 11.8 Å². The largest absolute Gasteiger partial charge is 0.481 e. The number of hydrogen-bond donors (Lipinski definition) is 1. The Hall–Kier alpha value is -1.57. The van der Waals surface area contributed by atoms with Crippen LogP contribution in [0.4, 0.5) is 0 Å². The van der Waals surface area contributed by atoms with E-state index in [0.29, 0.717) is 31.7 Å². The number of carbonyl (C=O) groups is 2. The molecule has 0 bridgehead atoms. The molecule has 1 aromatic rings. The summed E-state index contributed by atoms with van der Waals surface area (Å²) in [6, 6.07) is 0.254. The zero-order valence-electron chi connectivity index (χ0n) is 12.2. The number of likely N-dealkylation sites (tertiary alicyclic amines) is 1. The lowest BCUT2D eigenvalue weighted by atomic mass is 9.97. The number of rotatable bonds is 5. The summed E-state index contributed by atoms with van der Waals surface area (Å²) in [6.45, 7) is 5.11. The topological polar surface area (TPSA) is 88.3 Å². The van der Waals surface area contributed by atoms with Crippen molar-refractivity contribution in [3.8, 4) is 0 Å². The van der Waals surface area contributed by atoms with Gasteiger partial charge in [0.15, 0.2) is 5.16 Å². The number of nitrogens with zero attached hydrogens (tertiary/aromatic N) is 4. The molecule has 1 aromatic heterocycles. The van der Waals surface area contributed by atoms with E-state index in [2.05, 4.69) is 10.2 Å². The summed E-state index contributed by atoms with van der Waals surface area (Å²) in [5.74, 6) is -0.738. The number of amides is 1. The van der Waals surface area contributed by atoms with Gasteiger partial charge in [0, 0.05) is 19.1 Å². The van der Waals surface area contributed by atoms with E-state index in [1.54, 1.807) is 11.2 Å². The summed E-state index contributed by atoms with van der Waals surface area (Å²) < 4.78 is 1.93. The number of piperidine rings is 1. The molecule has 2 heterocycles. The molecule has 7 nitrogen and oxygen atoms in total. The first-order chi connectivity index (χ1) is 9.99. The van der Waals surface area contributed by atoms with Gasteiger partial charge in [-0.05, 0) is 26.7 Å². The Balaban J connectivity index is 1.83. The smallest absolute Gasteiger partial charge is 0.306 e. The lowest BCUT2D eigenvalue weighted by molar-refractivity contribution is -0.145. The van der Waals surface area contributed by atoms with Crippen LogP contribution in [0.3, 0.4) is 0 Å². The Kier molecular flexibility index (Phi) is 5.22. The zero-order valence-corrected chi connectivity index (χ0v) is 13.0. The number of carboxylic acids is 1. The van der Waals surface area contributed by atoms with E-state index in [1.807, 2.05) is 18.4 Å². The molecule has 1 amide bonds. The molecule has 0 saturated carbocycles. The fourth-order valence-corrected chi connectivity index (χ4v) is 3.23. The first-order valence-electron chi connectivity index (χ1n) is 7.02. The van der Waals surface area contributed by atoms with Gasteiger partial charge in [-0.3, -0.25) is 9.59 Å². The van der Waals surface area contributed by atoms with Gasteiger partial charge in [0.1, 0.15) is 6.33 Å². The third kappa shape index (κ3) is 3.96. The van der Waals surface area contributed by atoms with Crippen molar-refractivity contribution >= 4 is 23.6 Å². The molecule has 1 N–H and O–H groups in total. The van der Waals surface area contributed by atoms with Gasteiger partial charge in [0.2, 0.25) is 5.91 Å². The molecule has 21 heavy (non-hydrogen) atoms. The number of aliphatic carboxylic acids is 1. The summed E-state index contributed by atoms with van der Waals surface area (Å²) in [4.78, 5) is 24.8. The molecular weight excluding hydrogens is 292 g/mol. The normalized spacial score (nSPS) is 16.4. The number of thioether (sulfide) groups is 1. The highest BCUT2D eigenvalue weighted by Crippen LogP contribution is 2.21. The van der Waals surface area contributed by atoms with Crippen LogP contribution in [0.5, 0.6) is 0 Å². The Morgan fingerprint density at radius 3 is 2.67 bits per heavy atom. The Labute approximate surface area is 127 Å². The minimum absolute atomic E-state index is 0.0298. The van der Waals surface area contributed by atoms with E-state index in [4.69, 9.17) is 5.11 Å². The molecule has 1 saturated heterocycles. The summed E-state index contributed by atoms with van der Waals surface area (Å²) in [5, 5.41) is 17.6. The fourth-order valence-electron chi connectivity index (χ4n) is 2.28. The molecule has 1 aliphatic heterocycles. The van der Waals surface area contributed by atoms with E-state index in [9.17, 15) is 9.59 Å². The molecular formula is C13H20N4O3S. The predicted octanol–water partition coefficient (Wildman–Crippen LogP) is 1.27. The lowest BCUT2D eigenvalue weighted by Crippen LogP contribution is -2.41. The molecule has 0 spiro atoms. The average Bonchev–Trinajstić information content (AvgIpc) is 2.93. The van der Waals surface area contributed by atoms with Crippen LogP contribution >= 0.6 is 11.8 Å². The Morgan fingerprint density at radius 1 is 1.43 bits per heavy atom. The molecule has 8 heteroatoms.